The first-order valence-corrected chi connectivity index (χ1v) is 9.74. The number of sulfone groups is 1. The summed E-state index contributed by atoms with van der Waals surface area (Å²) >= 11 is 0. The number of rotatable bonds is 5. The molecular weight excluding hydrogens is 316 g/mol. The van der Waals surface area contributed by atoms with Gasteiger partial charge in [-0.1, -0.05) is 20.8 Å². The van der Waals surface area contributed by atoms with Gasteiger partial charge in [0.1, 0.15) is 5.56 Å². The molecule has 1 aliphatic rings. The van der Waals surface area contributed by atoms with Gasteiger partial charge in [-0.2, -0.15) is 0 Å². The molecule has 1 aliphatic heterocycles. The molecule has 2 rings (SSSR count). The van der Waals surface area contributed by atoms with Crippen molar-refractivity contribution in [1.29, 1.82) is 0 Å². The van der Waals surface area contributed by atoms with Crippen molar-refractivity contribution >= 4 is 15.7 Å². The highest BCUT2D eigenvalue weighted by atomic mass is 32.2. The molecule has 0 bridgehead atoms. The molecule has 23 heavy (non-hydrogen) atoms. The van der Waals surface area contributed by atoms with E-state index in [-0.39, 0.29) is 27.7 Å². The van der Waals surface area contributed by atoms with Gasteiger partial charge in [-0.05, 0) is 31.7 Å². The van der Waals surface area contributed by atoms with Gasteiger partial charge in [-0.3, -0.25) is 9.59 Å². The Morgan fingerprint density at radius 2 is 1.96 bits per heavy atom. The first-order valence-electron chi connectivity index (χ1n) is 8.08. The summed E-state index contributed by atoms with van der Waals surface area (Å²) in [5.41, 5.74) is -0.867. The lowest BCUT2D eigenvalue weighted by Gasteiger charge is -2.37. The van der Waals surface area contributed by atoms with Gasteiger partial charge in [0.15, 0.2) is 9.84 Å². The normalized spacial score (nSPS) is 17.4. The molecule has 0 aliphatic carbocycles. The lowest BCUT2D eigenvalue weighted by Crippen LogP contribution is -2.47. The van der Waals surface area contributed by atoms with Crippen LogP contribution in [0.5, 0.6) is 0 Å². The van der Waals surface area contributed by atoms with Crippen LogP contribution in [0.25, 0.3) is 0 Å². The summed E-state index contributed by atoms with van der Waals surface area (Å²) in [4.78, 5) is 29.1. The zero-order valence-corrected chi connectivity index (χ0v) is 14.7. The van der Waals surface area contributed by atoms with E-state index < -0.39 is 15.4 Å². The number of pyridine rings is 1. The van der Waals surface area contributed by atoms with Gasteiger partial charge in [0.05, 0.1) is 10.6 Å². The van der Waals surface area contributed by atoms with E-state index in [2.05, 4.69) is 4.98 Å². The molecule has 1 amide bonds. The molecule has 0 unspecified atom stereocenters. The summed E-state index contributed by atoms with van der Waals surface area (Å²) in [7, 11) is -3.48. The third kappa shape index (κ3) is 3.06. The minimum Gasteiger partial charge on any atom is -0.333 e. The number of likely N-dealkylation sites (tertiary alicyclic amines) is 1. The molecule has 0 spiro atoms. The number of carbonyl (C=O) groups is 1. The Morgan fingerprint density at radius 1 is 1.30 bits per heavy atom. The van der Waals surface area contributed by atoms with E-state index in [4.69, 9.17) is 0 Å². The number of H-pyrrole nitrogens is 1. The standard InChI is InChI=1S/C16H24N2O4S/c1-4-16(5-2)8-7-9-18(16)15(20)13-10-12(11-17-14(13)19)23(21,22)6-3/h10-11H,4-9H2,1-3H3,(H,17,19). The minimum atomic E-state index is -3.48. The Bertz CT molecular complexity index is 748. The average molecular weight is 340 g/mol. The Kier molecular flexibility index (Phi) is 4.98. The SMILES string of the molecule is CCC1(CC)CCCN1C(=O)c1cc(S(=O)(=O)CC)c[nH]c1=O. The molecule has 6 nitrogen and oxygen atoms in total. The molecule has 1 aromatic heterocycles. The van der Waals surface area contributed by atoms with Gasteiger partial charge in [0.2, 0.25) is 0 Å². The smallest absolute Gasteiger partial charge is 0.260 e. The van der Waals surface area contributed by atoms with Crippen LogP contribution < -0.4 is 5.56 Å². The topological polar surface area (TPSA) is 87.3 Å². The van der Waals surface area contributed by atoms with Crippen molar-refractivity contribution in [2.45, 2.75) is 56.9 Å². The third-order valence-electron chi connectivity index (χ3n) is 5.00. The second kappa shape index (κ2) is 6.47. The van der Waals surface area contributed by atoms with Crippen LogP contribution in [0, 0.1) is 0 Å². The Balaban J connectivity index is 2.48. The van der Waals surface area contributed by atoms with Crippen molar-refractivity contribution in [2.75, 3.05) is 12.3 Å². The maximum Gasteiger partial charge on any atom is 0.260 e. The van der Waals surface area contributed by atoms with Crippen LogP contribution in [0.1, 0.15) is 56.8 Å². The predicted octanol–water partition coefficient (Wildman–Crippen LogP) is 1.96. The van der Waals surface area contributed by atoms with E-state index in [0.29, 0.717) is 6.54 Å². The second-order valence-electron chi connectivity index (χ2n) is 5.97. The molecule has 1 saturated heterocycles. The van der Waals surface area contributed by atoms with Gasteiger partial charge in [-0.25, -0.2) is 8.42 Å². The van der Waals surface area contributed by atoms with Crippen LogP contribution >= 0.6 is 0 Å². The molecule has 0 radical (unpaired) electrons. The van der Waals surface area contributed by atoms with Crippen molar-refractivity contribution in [2.24, 2.45) is 0 Å². The number of aromatic amines is 1. The van der Waals surface area contributed by atoms with Gasteiger partial charge in [0, 0.05) is 18.3 Å². The van der Waals surface area contributed by atoms with Gasteiger partial charge < -0.3 is 9.88 Å². The zero-order chi connectivity index (χ0) is 17.3. The summed E-state index contributed by atoms with van der Waals surface area (Å²) in [6, 6.07) is 1.22. The van der Waals surface area contributed by atoms with Crippen LogP contribution in [0.15, 0.2) is 22.0 Å². The number of aromatic nitrogens is 1. The van der Waals surface area contributed by atoms with E-state index in [1.165, 1.54) is 13.0 Å². The van der Waals surface area contributed by atoms with Crippen LogP contribution in [-0.2, 0) is 9.84 Å². The van der Waals surface area contributed by atoms with Crippen LogP contribution in [0.2, 0.25) is 0 Å². The predicted molar refractivity (Wildman–Crippen MR) is 88.4 cm³/mol. The monoisotopic (exact) mass is 340 g/mol. The van der Waals surface area contributed by atoms with E-state index in [9.17, 15) is 18.0 Å². The number of nitrogens with zero attached hydrogens (tertiary/aromatic N) is 1. The number of hydrogen-bond donors (Lipinski definition) is 1. The minimum absolute atomic E-state index is 0.0132. The molecule has 1 aromatic rings. The maximum absolute atomic E-state index is 12.9. The zero-order valence-electron chi connectivity index (χ0n) is 13.9. The number of nitrogens with one attached hydrogen (secondary N) is 1. The van der Waals surface area contributed by atoms with Gasteiger partial charge in [0.25, 0.3) is 11.5 Å². The summed E-state index contributed by atoms with van der Waals surface area (Å²) in [6.45, 7) is 6.21. The highest BCUT2D eigenvalue weighted by molar-refractivity contribution is 7.91. The first kappa shape index (κ1) is 17.7. The molecule has 1 fully saturated rings. The molecule has 0 aromatic carbocycles. The molecule has 128 valence electrons. The van der Waals surface area contributed by atoms with Crippen LogP contribution in [0.3, 0.4) is 0 Å². The molecule has 0 atom stereocenters. The van der Waals surface area contributed by atoms with Crippen molar-refractivity contribution < 1.29 is 13.2 Å². The second-order valence-corrected chi connectivity index (χ2v) is 8.25. The Morgan fingerprint density at radius 3 is 2.52 bits per heavy atom. The number of hydrogen-bond acceptors (Lipinski definition) is 4. The highest BCUT2D eigenvalue weighted by Crippen LogP contribution is 2.36. The van der Waals surface area contributed by atoms with Crippen molar-refractivity contribution in [3.05, 3.63) is 28.2 Å². The fraction of sp³-hybridized carbons (Fsp3) is 0.625. The lowest BCUT2D eigenvalue weighted by atomic mass is 9.89. The first-order chi connectivity index (χ1) is 10.8. The van der Waals surface area contributed by atoms with E-state index >= 15 is 0 Å². The molecule has 7 heteroatoms. The third-order valence-corrected chi connectivity index (χ3v) is 6.72. The van der Waals surface area contributed by atoms with Gasteiger partial charge in [-0.15, -0.1) is 0 Å². The summed E-state index contributed by atoms with van der Waals surface area (Å²) < 4.78 is 24.0. The van der Waals surface area contributed by atoms with E-state index in [1.807, 2.05) is 13.8 Å². The molecule has 2 heterocycles. The number of carbonyl (C=O) groups excluding carboxylic acids is 1. The quantitative estimate of drug-likeness (QED) is 0.887. The van der Waals surface area contributed by atoms with Crippen molar-refractivity contribution in [3.63, 3.8) is 0 Å². The van der Waals surface area contributed by atoms with Gasteiger partial charge >= 0.3 is 0 Å². The van der Waals surface area contributed by atoms with Crippen molar-refractivity contribution in [3.8, 4) is 0 Å². The summed E-state index contributed by atoms with van der Waals surface area (Å²) in [5, 5.41) is 0. The number of amides is 1. The molecule has 0 saturated carbocycles. The molecule has 1 N–H and O–H groups in total. The average Bonchev–Trinajstić information content (AvgIpc) is 2.99. The van der Waals surface area contributed by atoms with E-state index in [1.54, 1.807) is 4.90 Å². The fourth-order valence-electron chi connectivity index (χ4n) is 3.35. The summed E-state index contributed by atoms with van der Waals surface area (Å²) in [6.07, 6.45) is 4.61. The van der Waals surface area contributed by atoms with Crippen molar-refractivity contribution in [1.82, 2.24) is 9.88 Å². The highest BCUT2D eigenvalue weighted by Gasteiger charge is 2.41. The van der Waals surface area contributed by atoms with Crippen LogP contribution in [-0.4, -0.2) is 42.0 Å². The lowest BCUT2D eigenvalue weighted by molar-refractivity contribution is 0.0572. The van der Waals surface area contributed by atoms with E-state index in [0.717, 1.165) is 31.9 Å². The molecular formula is C16H24N2O4S. The summed E-state index contributed by atoms with van der Waals surface area (Å²) in [5.74, 6) is -0.454. The van der Waals surface area contributed by atoms with Crippen LogP contribution in [0.4, 0.5) is 0 Å². The Labute approximate surface area is 136 Å². The fourth-order valence-corrected chi connectivity index (χ4v) is 4.22. The Hall–Kier alpha value is -1.63. The maximum atomic E-state index is 12.9. The largest absolute Gasteiger partial charge is 0.333 e.